The Bertz CT molecular complexity index is 2490. The molecule has 4 heteroatoms. The van der Waals surface area contributed by atoms with Gasteiger partial charge in [-0.25, -0.2) is 0 Å². The lowest BCUT2D eigenvalue weighted by Crippen LogP contribution is -2.39. The molecular weight excluding hydrogens is 683 g/mol. The molecule has 276 valence electrons. The summed E-state index contributed by atoms with van der Waals surface area (Å²) in [6.45, 7) is 7.11. The second-order valence-corrected chi connectivity index (χ2v) is 14.2. The zero-order valence-corrected chi connectivity index (χ0v) is 32.2. The van der Waals surface area contributed by atoms with Gasteiger partial charge < -0.3 is 10.1 Å². The summed E-state index contributed by atoms with van der Waals surface area (Å²) in [5, 5.41) is 14.7. The third-order valence-electron chi connectivity index (χ3n) is 10.3. The molecule has 0 saturated heterocycles. The summed E-state index contributed by atoms with van der Waals surface area (Å²) in [5.74, 6) is 1.84. The van der Waals surface area contributed by atoms with Crippen LogP contribution in [0.1, 0.15) is 55.1 Å². The van der Waals surface area contributed by atoms with Crippen LogP contribution in [0, 0.1) is 5.41 Å². The average Bonchev–Trinajstić information content (AvgIpc) is 3.26. The summed E-state index contributed by atoms with van der Waals surface area (Å²) in [5.41, 5.74) is 9.53. The summed E-state index contributed by atoms with van der Waals surface area (Å²) in [6, 6.07) is 60.3. The molecule has 0 unspecified atom stereocenters. The Morgan fingerprint density at radius 2 is 1.18 bits per heavy atom. The Morgan fingerprint density at radius 1 is 0.643 bits per heavy atom. The number of amidine groups is 1. The predicted molar refractivity (Wildman–Crippen MR) is 233 cm³/mol. The van der Waals surface area contributed by atoms with E-state index < -0.39 is 0 Å². The van der Waals surface area contributed by atoms with Gasteiger partial charge in [-0.1, -0.05) is 140 Å². The van der Waals surface area contributed by atoms with Crippen LogP contribution in [-0.4, -0.2) is 17.4 Å². The van der Waals surface area contributed by atoms with Crippen LogP contribution < -0.4 is 20.5 Å². The van der Waals surface area contributed by atoms with Gasteiger partial charge in [0, 0.05) is 23.7 Å². The Balaban J connectivity index is 1.04. The molecule has 0 aliphatic rings. The van der Waals surface area contributed by atoms with E-state index in [1.807, 2.05) is 66.9 Å². The zero-order chi connectivity index (χ0) is 38.7. The Kier molecular flexibility index (Phi) is 11.8. The van der Waals surface area contributed by atoms with Crippen molar-refractivity contribution >= 4 is 23.1 Å². The molecular formula is C52H47N3O. The molecule has 56 heavy (non-hydrogen) atoms. The molecule has 0 amide bonds. The number of rotatable bonds is 12. The van der Waals surface area contributed by atoms with E-state index in [1.165, 1.54) is 27.1 Å². The van der Waals surface area contributed by atoms with Gasteiger partial charge >= 0.3 is 0 Å². The van der Waals surface area contributed by atoms with E-state index in [2.05, 4.69) is 158 Å². The normalized spacial score (nSPS) is 12.6. The van der Waals surface area contributed by atoms with Crippen molar-refractivity contribution in [2.45, 2.75) is 32.6 Å². The fourth-order valence-corrected chi connectivity index (χ4v) is 7.08. The maximum Gasteiger partial charge on any atom is 0.127 e. The number of hydrogen-bond acceptors (Lipinski definition) is 3. The van der Waals surface area contributed by atoms with Crippen molar-refractivity contribution in [1.82, 2.24) is 10.3 Å². The number of nitrogens with zero attached hydrogens (tertiary/aromatic N) is 1. The summed E-state index contributed by atoms with van der Waals surface area (Å²) in [6.07, 6.45) is 7.34. The molecule has 0 aliphatic carbocycles. The molecule has 0 radical (unpaired) electrons. The highest BCUT2D eigenvalue weighted by Gasteiger charge is 2.29. The number of hydrogen-bond donors (Lipinski definition) is 2. The summed E-state index contributed by atoms with van der Waals surface area (Å²) in [7, 11) is 0. The average molecular weight is 730 g/mol. The number of aromatic nitrogens is 1. The van der Waals surface area contributed by atoms with E-state index in [9.17, 15) is 0 Å². The van der Waals surface area contributed by atoms with Gasteiger partial charge in [0.2, 0.25) is 0 Å². The van der Waals surface area contributed by atoms with E-state index in [0.717, 1.165) is 51.4 Å². The van der Waals surface area contributed by atoms with Crippen molar-refractivity contribution in [2.75, 3.05) is 6.54 Å². The van der Waals surface area contributed by atoms with Crippen LogP contribution in [0.25, 0.3) is 28.3 Å². The number of allylic oxidation sites excluding steroid dienone is 2. The van der Waals surface area contributed by atoms with E-state index in [-0.39, 0.29) is 5.41 Å². The number of benzene rings is 6. The quantitative estimate of drug-likeness (QED) is 0.0972. The number of pyridine rings is 1. The third-order valence-corrected chi connectivity index (χ3v) is 10.3. The van der Waals surface area contributed by atoms with Crippen molar-refractivity contribution in [3.8, 4) is 22.6 Å². The molecule has 2 N–H and O–H groups in total. The van der Waals surface area contributed by atoms with Gasteiger partial charge in [0.1, 0.15) is 17.3 Å². The lowest BCUT2D eigenvalue weighted by Gasteiger charge is -2.32. The van der Waals surface area contributed by atoms with E-state index in [4.69, 9.17) is 10.1 Å². The second kappa shape index (κ2) is 17.6. The van der Waals surface area contributed by atoms with Crippen LogP contribution >= 0.6 is 0 Å². The number of nitrogens with one attached hydrogen (secondary N) is 2. The zero-order valence-electron chi connectivity index (χ0n) is 32.2. The van der Waals surface area contributed by atoms with Crippen molar-refractivity contribution < 1.29 is 4.74 Å². The molecule has 0 bridgehead atoms. The third kappa shape index (κ3) is 8.77. The largest absolute Gasteiger partial charge is 0.457 e. The SMILES string of the molecule is CC\C=c1/cccc/c1=C(/C=C(\C)c1ccccn1)c1ccc(-c2ccc(Oc3ccc(C(=N)NCC(C)(c4ccccc4)c4ccccc4)cc3)cc2)cc1. The highest BCUT2D eigenvalue weighted by molar-refractivity contribution is 5.96. The van der Waals surface area contributed by atoms with Gasteiger partial charge in [-0.15, -0.1) is 0 Å². The van der Waals surface area contributed by atoms with E-state index in [0.29, 0.717) is 12.4 Å². The lowest BCUT2D eigenvalue weighted by molar-refractivity contribution is 0.482. The molecule has 0 saturated carbocycles. The van der Waals surface area contributed by atoms with Crippen molar-refractivity contribution in [3.63, 3.8) is 0 Å². The first-order chi connectivity index (χ1) is 27.4. The second-order valence-electron chi connectivity index (χ2n) is 14.2. The Morgan fingerprint density at radius 3 is 1.77 bits per heavy atom. The fraction of sp³-hybridized carbons (Fsp3) is 0.115. The Hall–Kier alpha value is -6.78. The first-order valence-corrected chi connectivity index (χ1v) is 19.2. The minimum Gasteiger partial charge on any atom is -0.457 e. The van der Waals surface area contributed by atoms with Crippen molar-refractivity contribution in [1.29, 1.82) is 5.41 Å². The van der Waals surface area contributed by atoms with Crippen LogP contribution in [-0.2, 0) is 5.41 Å². The van der Waals surface area contributed by atoms with Crippen LogP contribution in [0.2, 0.25) is 0 Å². The predicted octanol–water partition coefficient (Wildman–Crippen LogP) is 11.0. The molecule has 7 rings (SSSR count). The van der Waals surface area contributed by atoms with Crippen molar-refractivity contribution in [2.24, 2.45) is 0 Å². The van der Waals surface area contributed by atoms with E-state index >= 15 is 0 Å². The summed E-state index contributed by atoms with van der Waals surface area (Å²) >= 11 is 0. The molecule has 7 aromatic rings. The molecule has 0 spiro atoms. The monoisotopic (exact) mass is 729 g/mol. The Labute approximate surface area is 330 Å². The first-order valence-electron chi connectivity index (χ1n) is 19.2. The van der Waals surface area contributed by atoms with Crippen LogP contribution in [0.15, 0.2) is 188 Å². The molecule has 1 heterocycles. The van der Waals surface area contributed by atoms with E-state index in [1.54, 1.807) is 0 Å². The highest BCUT2D eigenvalue weighted by atomic mass is 16.5. The maximum atomic E-state index is 8.84. The minimum absolute atomic E-state index is 0.302. The summed E-state index contributed by atoms with van der Waals surface area (Å²) < 4.78 is 6.23. The van der Waals surface area contributed by atoms with Crippen LogP contribution in [0.4, 0.5) is 0 Å². The van der Waals surface area contributed by atoms with Gasteiger partial charge in [0.05, 0.1) is 5.69 Å². The van der Waals surface area contributed by atoms with Crippen LogP contribution in [0.3, 0.4) is 0 Å². The van der Waals surface area contributed by atoms with Gasteiger partial charge in [-0.3, -0.25) is 10.4 Å². The topological polar surface area (TPSA) is 58.0 Å². The van der Waals surface area contributed by atoms with Crippen LogP contribution in [0.5, 0.6) is 11.5 Å². The standard InChI is InChI=1S/C52H47N3O/c1-4-15-41-16-11-12-21-48(41)49(36-38(2)50-22-13-14-35-54-50)42-25-23-39(24-26-42)40-27-31-46(32-28-40)56-47-33-29-43(30-34-47)51(53)55-37-52(3,44-17-7-5-8-18-44)45-19-9-6-10-20-45/h5-36H,4,37H2,1-3H3,(H2,53,55)/b38-36+,41-15+,49-48+. The molecule has 1 aromatic heterocycles. The summed E-state index contributed by atoms with van der Waals surface area (Å²) in [4.78, 5) is 4.60. The maximum absolute atomic E-state index is 8.84. The fourth-order valence-electron chi connectivity index (χ4n) is 7.08. The van der Waals surface area contributed by atoms with Gasteiger partial charge in [0.15, 0.2) is 0 Å². The molecule has 0 atom stereocenters. The van der Waals surface area contributed by atoms with Crippen molar-refractivity contribution in [3.05, 3.63) is 227 Å². The smallest absolute Gasteiger partial charge is 0.127 e. The highest BCUT2D eigenvalue weighted by Crippen LogP contribution is 2.32. The first kappa shape index (κ1) is 37.5. The molecule has 4 nitrogen and oxygen atoms in total. The molecule has 0 aliphatic heterocycles. The molecule has 0 fully saturated rings. The van der Waals surface area contributed by atoms with Gasteiger partial charge in [-0.05, 0) is 124 Å². The minimum atomic E-state index is -0.302. The molecule has 6 aromatic carbocycles. The lowest BCUT2D eigenvalue weighted by atomic mass is 9.76. The number of ether oxygens (including phenoxy) is 1. The van der Waals surface area contributed by atoms with Gasteiger partial charge in [0.25, 0.3) is 0 Å². The van der Waals surface area contributed by atoms with Gasteiger partial charge in [-0.2, -0.15) is 0 Å².